The number of phenolic OH excluding ortho intramolecular Hbond substituents is 2. The van der Waals surface area contributed by atoms with Gasteiger partial charge in [-0.25, -0.2) is 0 Å². The summed E-state index contributed by atoms with van der Waals surface area (Å²) in [4.78, 5) is 14.0. The van der Waals surface area contributed by atoms with E-state index in [0.717, 1.165) is 12.8 Å². The van der Waals surface area contributed by atoms with Gasteiger partial charge in [-0.1, -0.05) is 30.1 Å². The average Bonchev–Trinajstić information content (AvgIpc) is 2.40. The van der Waals surface area contributed by atoms with E-state index in [9.17, 15) is 15.0 Å². The smallest absolute Gasteiger partial charge is 0.255 e. The van der Waals surface area contributed by atoms with Gasteiger partial charge in [-0.05, 0) is 24.8 Å². The number of benzene rings is 1. The zero-order chi connectivity index (χ0) is 14.2. The van der Waals surface area contributed by atoms with Crippen LogP contribution in [0.3, 0.4) is 0 Å². The van der Waals surface area contributed by atoms with Crippen LogP contribution < -0.4 is 0 Å². The molecule has 1 aliphatic rings. The molecule has 0 saturated carbocycles. The van der Waals surface area contributed by atoms with Crippen LogP contribution in [0, 0.1) is 5.92 Å². The number of halogens is 2. The second-order valence-electron chi connectivity index (χ2n) is 4.89. The number of piperidine rings is 1. The molecule has 1 amide bonds. The average molecular weight is 304 g/mol. The van der Waals surface area contributed by atoms with Crippen molar-refractivity contribution in [2.75, 3.05) is 13.1 Å². The molecule has 0 atom stereocenters. The summed E-state index contributed by atoms with van der Waals surface area (Å²) in [5.74, 6) is -0.719. The van der Waals surface area contributed by atoms with E-state index in [1.54, 1.807) is 4.90 Å². The van der Waals surface area contributed by atoms with Gasteiger partial charge in [-0.15, -0.1) is 0 Å². The van der Waals surface area contributed by atoms with Gasteiger partial charge in [-0.3, -0.25) is 4.79 Å². The van der Waals surface area contributed by atoms with Gasteiger partial charge < -0.3 is 15.1 Å². The van der Waals surface area contributed by atoms with Crippen molar-refractivity contribution in [3.63, 3.8) is 0 Å². The molecule has 0 radical (unpaired) electrons. The third kappa shape index (κ3) is 2.74. The Labute approximate surface area is 121 Å². The van der Waals surface area contributed by atoms with Gasteiger partial charge in [0.15, 0.2) is 11.5 Å². The number of amides is 1. The molecule has 104 valence electrons. The lowest BCUT2D eigenvalue weighted by molar-refractivity contribution is 0.0697. The maximum Gasteiger partial charge on any atom is 0.255 e. The lowest BCUT2D eigenvalue weighted by Crippen LogP contribution is -2.38. The van der Waals surface area contributed by atoms with Crippen molar-refractivity contribution in [2.45, 2.75) is 19.8 Å². The number of phenols is 2. The maximum absolute atomic E-state index is 12.3. The van der Waals surface area contributed by atoms with Crippen LogP contribution in [0.5, 0.6) is 11.5 Å². The van der Waals surface area contributed by atoms with Crippen LogP contribution in [0.1, 0.15) is 30.1 Å². The number of aromatic hydroxyl groups is 2. The number of hydrogen-bond acceptors (Lipinski definition) is 3. The van der Waals surface area contributed by atoms with E-state index < -0.39 is 11.5 Å². The minimum absolute atomic E-state index is 0.0874. The number of likely N-dealkylation sites (tertiary alicyclic amines) is 1. The van der Waals surface area contributed by atoms with Crippen molar-refractivity contribution >= 4 is 29.1 Å². The largest absolute Gasteiger partial charge is 0.503 e. The van der Waals surface area contributed by atoms with E-state index in [1.165, 1.54) is 6.07 Å². The van der Waals surface area contributed by atoms with Crippen LogP contribution in [0.25, 0.3) is 0 Å². The molecular formula is C13H15Cl2NO3. The molecule has 0 spiro atoms. The lowest BCUT2D eigenvalue weighted by Gasteiger charge is -2.30. The Kier molecular flexibility index (Phi) is 4.11. The highest BCUT2D eigenvalue weighted by Crippen LogP contribution is 2.41. The third-order valence-corrected chi connectivity index (χ3v) is 4.14. The summed E-state index contributed by atoms with van der Waals surface area (Å²) in [6, 6.07) is 1.29. The van der Waals surface area contributed by atoms with Crippen molar-refractivity contribution in [2.24, 2.45) is 5.92 Å². The van der Waals surface area contributed by atoms with E-state index in [2.05, 4.69) is 6.92 Å². The zero-order valence-electron chi connectivity index (χ0n) is 10.5. The number of rotatable bonds is 1. The fourth-order valence-electron chi connectivity index (χ4n) is 2.14. The van der Waals surface area contributed by atoms with Gasteiger partial charge in [0, 0.05) is 13.1 Å². The summed E-state index contributed by atoms with van der Waals surface area (Å²) in [7, 11) is 0. The van der Waals surface area contributed by atoms with Crippen molar-refractivity contribution < 1.29 is 15.0 Å². The van der Waals surface area contributed by atoms with E-state index in [1.807, 2.05) is 0 Å². The zero-order valence-corrected chi connectivity index (χ0v) is 12.0. The Balaban J connectivity index is 2.29. The van der Waals surface area contributed by atoms with Crippen LogP contribution >= 0.6 is 23.2 Å². The normalized spacial score (nSPS) is 16.7. The van der Waals surface area contributed by atoms with Crippen molar-refractivity contribution in [3.8, 4) is 11.5 Å². The molecule has 0 bridgehead atoms. The van der Waals surface area contributed by atoms with Gasteiger partial charge in [0.1, 0.15) is 0 Å². The molecule has 1 aromatic rings. The monoisotopic (exact) mass is 303 g/mol. The fourth-order valence-corrected chi connectivity index (χ4v) is 2.56. The summed E-state index contributed by atoms with van der Waals surface area (Å²) in [6.07, 6.45) is 1.89. The fraction of sp³-hybridized carbons (Fsp3) is 0.462. The SMILES string of the molecule is CC1CCN(C(=O)c2cc(Cl)c(O)c(O)c2Cl)CC1. The molecule has 4 nitrogen and oxygen atoms in total. The Morgan fingerprint density at radius 3 is 2.42 bits per heavy atom. The minimum atomic E-state index is -0.553. The predicted octanol–water partition coefficient (Wildman–Crippen LogP) is 3.28. The third-order valence-electron chi connectivity index (χ3n) is 3.47. The van der Waals surface area contributed by atoms with E-state index in [-0.39, 0.29) is 21.5 Å². The first-order chi connectivity index (χ1) is 8.91. The van der Waals surface area contributed by atoms with Gasteiger partial charge in [0.25, 0.3) is 5.91 Å². The van der Waals surface area contributed by atoms with E-state index in [0.29, 0.717) is 19.0 Å². The van der Waals surface area contributed by atoms with Crippen LogP contribution in [-0.2, 0) is 0 Å². The van der Waals surface area contributed by atoms with Gasteiger partial charge >= 0.3 is 0 Å². The maximum atomic E-state index is 12.3. The molecular weight excluding hydrogens is 289 g/mol. The molecule has 2 N–H and O–H groups in total. The Hall–Kier alpha value is -1.13. The summed E-state index contributed by atoms with van der Waals surface area (Å²) >= 11 is 11.7. The van der Waals surface area contributed by atoms with Crippen molar-refractivity contribution in [3.05, 3.63) is 21.7 Å². The minimum Gasteiger partial charge on any atom is -0.503 e. The van der Waals surface area contributed by atoms with Crippen molar-refractivity contribution in [1.29, 1.82) is 0 Å². The molecule has 0 aliphatic carbocycles. The van der Waals surface area contributed by atoms with Crippen molar-refractivity contribution in [1.82, 2.24) is 4.90 Å². The van der Waals surface area contributed by atoms with Gasteiger partial charge in [0.05, 0.1) is 15.6 Å². The summed E-state index contributed by atoms with van der Waals surface area (Å²) < 4.78 is 0. The molecule has 19 heavy (non-hydrogen) atoms. The highest BCUT2D eigenvalue weighted by Gasteiger charge is 2.26. The Bertz CT molecular complexity index is 511. The highest BCUT2D eigenvalue weighted by atomic mass is 35.5. The first kappa shape index (κ1) is 14.3. The second-order valence-corrected chi connectivity index (χ2v) is 5.68. The molecule has 2 rings (SSSR count). The van der Waals surface area contributed by atoms with E-state index in [4.69, 9.17) is 23.2 Å². The second kappa shape index (κ2) is 5.47. The highest BCUT2D eigenvalue weighted by molar-refractivity contribution is 6.38. The Morgan fingerprint density at radius 1 is 1.26 bits per heavy atom. The first-order valence-electron chi connectivity index (χ1n) is 6.11. The van der Waals surface area contributed by atoms with Crippen LogP contribution in [-0.4, -0.2) is 34.1 Å². The molecule has 0 unspecified atom stereocenters. The molecule has 6 heteroatoms. The summed E-state index contributed by atoms with van der Waals surface area (Å²) in [5.41, 5.74) is 0.122. The standard InChI is InChI=1S/C13H15Cl2NO3/c1-7-2-4-16(5-3-7)13(19)8-6-9(14)11(17)12(18)10(8)15/h6-7,17-18H,2-5H2,1H3. The Morgan fingerprint density at radius 2 is 1.84 bits per heavy atom. The van der Waals surface area contributed by atoms with E-state index >= 15 is 0 Å². The summed E-state index contributed by atoms with van der Waals surface area (Å²) in [6.45, 7) is 3.48. The van der Waals surface area contributed by atoms with Gasteiger partial charge in [0.2, 0.25) is 0 Å². The molecule has 1 fully saturated rings. The lowest BCUT2D eigenvalue weighted by atomic mass is 9.98. The van der Waals surface area contributed by atoms with Crippen LogP contribution in [0.2, 0.25) is 10.0 Å². The first-order valence-corrected chi connectivity index (χ1v) is 6.86. The molecule has 1 saturated heterocycles. The number of hydrogen-bond donors (Lipinski definition) is 2. The van der Waals surface area contributed by atoms with Gasteiger partial charge in [-0.2, -0.15) is 0 Å². The molecule has 0 aromatic heterocycles. The molecule has 1 heterocycles. The molecule has 1 aliphatic heterocycles. The number of nitrogens with zero attached hydrogens (tertiary/aromatic N) is 1. The quantitative estimate of drug-likeness (QED) is 0.783. The number of carbonyl (C=O) groups is 1. The number of carbonyl (C=O) groups excluding carboxylic acids is 1. The summed E-state index contributed by atoms with van der Waals surface area (Å²) in [5, 5.41) is 18.8. The predicted molar refractivity (Wildman–Crippen MR) is 74.1 cm³/mol. The van der Waals surface area contributed by atoms with Crippen LogP contribution in [0.15, 0.2) is 6.07 Å². The topological polar surface area (TPSA) is 60.8 Å². The van der Waals surface area contributed by atoms with Crippen LogP contribution in [0.4, 0.5) is 0 Å². The molecule has 1 aromatic carbocycles.